The van der Waals surface area contributed by atoms with Crippen LogP contribution in [0.25, 0.3) is 72.3 Å². The first-order valence-corrected chi connectivity index (χ1v) is 29.1. The fourth-order valence-corrected chi connectivity index (χ4v) is 13.0. The SMILES string of the molecule is CC(C)(C)c1cc(-c2ccc3c(c2)B2c4cc(C(C)(C)C)ccc4N(c4c(-c5ccccc5)cccc4-c4ccccc4)c4cc(C(C)(C)C)cc(c42)N3c2ccccc2-c2ccccc2)nc(-n2c3ccccc3c3ccccc32)c1. The van der Waals surface area contributed by atoms with Crippen LogP contribution in [-0.4, -0.2) is 16.3 Å². The molecule has 0 saturated heterocycles. The normalized spacial score (nSPS) is 13.1. The summed E-state index contributed by atoms with van der Waals surface area (Å²) < 4.78 is 2.37. The first-order valence-electron chi connectivity index (χ1n) is 29.1. The minimum atomic E-state index is -0.211. The fraction of sp³-hybridized carbons (Fsp3) is 0.156. The van der Waals surface area contributed by atoms with E-state index < -0.39 is 0 Å². The Kier molecular flexibility index (Phi) is 12.0. The number of aromatic nitrogens is 2. The van der Waals surface area contributed by atoms with Crippen LogP contribution in [0.1, 0.15) is 79.0 Å². The molecule has 0 bridgehead atoms. The van der Waals surface area contributed by atoms with Crippen molar-refractivity contribution in [2.45, 2.75) is 78.6 Å². The molecule has 0 fully saturated rings. The lowest BCUT2D eigenvalue weighted by Crippen LogP contribution is -2.61. The van der Waals surface area contributed by atoms with Gasteiger partial charge in [0.25, 0.3) is 6.71 Å². The minimum Gasteiger partial charge on any atom is -0.311 e. The highest BCUT2D eigenvalue weighted by molar-refractivity contribution is 7.00. The Labute approximate surface area is 484 Å². The van der Waals surface area contributed by atoms with Crippen molar-refractivity contribution in [3.8, 4) is 50.5 Å². The van der Waals surface area contributed by atoms with Crippen molar-refractivity contribution in [3.05, 3.63) is 259 Å². The number of nitrogens with zero attached hydrogens (tertiary/aromatic N) is 4. The maximum atomic E-state index is 5.77. The summed E-state index contributed by atoms with van der Waals surface area (Å²) >= 11 is 0. The first kappa shape index (κ1) is 51.0. The van der Waals surface area contributed by atoms with Crippen molar-refractivity contribution in [1.29, 1.82) is 0 Å². The largest absolute Gasteiger partial charge is 0.311 e. The third-order valence-corrected chi connectivity index (χ3v) is 17.2. The quantitative estimate of drug-likeness (QED) is 0.149. The molecule has 0 amide bonds. The zero-order valence-electron chi connectivity index (χ0n) is 48.5. The van der Waals surface area contributed by atoms with Gasteiger partial charge >= 0.3 is 0 Å². The smallest absolute Gasteiger partial charge is 0.252 e. The number of rotatable bonds is 7. The van der Waals surface area contributed by atoms with Crippen LogP contribution in [0.3, 0.4) is 0 Å². The Morgan fingerprint density at radius 2 is 0.793 bits per heavy atom. The number of pyridine rings is 1. The van der Waals surface area contributed by atoms with Gasteiger partial charge in [-0.2, -0.15) is 0 Å². The number of anilines is 6. The van der Waals surface area contributed by atoms with Gasteiger partial charge in [-0.05, 0) is 126 Å². The molecule has 0 radical (unpaired) electrons. The molecule has 0 N–H and O–H groups in total. The number of hydrogen-bond acceptors (Lipinski definition) is 3. The van der Waals surface area contributed by atoms with Gasteiger partial charge in [0.15, 0.2) is 0 Å². The molecule has 2 aliphatic heterocycles. The molecule has 4 nitrogen and oxygen atoms in total. The Morgan fingerprint density at radius 1 is 0.329 bits per heavy atom. The number of para-hydroxylation sites is 4. The average Bonchev–Trinajstić information content (AvgIpc) is 1.92. The molecule has 0 saturated carbocycles. The molecule has 0 unspecified atom stereocenters. The second-order valence-electron chi connectivity index (χ2n) is 25.6. The molecule has 5 heteroatoms. The van der Waals surface area contributed by atoms with Crippen LogP contribution >= 0.6 is 0 Å². The third kappa shape index (κ3) is 8.47. The number of benzene rings is 10. The third-order valence-electron chi connectivity index (χ3n) is 17.2. The van der Waals surface area contributed by atoms with Crippen LogP contribution in [0.15, 0.2) is 243 Å². The van der Waals surface area contributed by atoms with E-state index in [2.05, 4.69) is 319 Å². The van der Waals surface area contributed by atoms with Crippen molar-refractivity contribution in [3.63, 3.8) is 0 Å². The predicted molar refractivity (Wildman–Crippen MR) is 350 cm³/mol. The molecule has 4 heterocycles. The summed E-state index contributed by atoms with van der Waals surface area (Å²) in [7, 11) is 0. The maximum Gasteiger partial charge on any atom is 0.252 e. The Bertz CT molecular complexity index is 4350. The van der Waals surface area contributed by atoms with Gasteiger partial charge in [-0.25, -0.2) is 4.98 Å². The highest BCUT2D eigenvalue weighted by Crippen LogP contribution is 2.52. The second-order valence-corrected chi connectivity index (χ2v) is 25.6. The molecule has 12 aromatic rings. The van der Waals surface area contributed by atoms with Crippen LogP contribution in [0.2, 0.25) is 0 Å². The monoisotopic (exact) mass is 1060 g/mol. The van der Waals surface area contributed by atoms with Gasteiger partial charge in [0.05, 0.1) is 28.1 Å². The molecule has 398 valence electrons. The lowest BCUT2D eigenvalue weighted by Gasteiger charge is -2.46. The highest BCUT2D eigenvalue weighted by atomic mass is 15.2. The standard InChI is InChI=1S/C77H67BN4/c1-75(2,3)54-41-43-69-63(45-54)78-62-44-53(64-46-55(76(4,5)6)49-72(79-64)81-66-38-23-20-33-60(66)61-34-21-24-39-67(61)81)40-42-68(62)80(65-37-22-19-32-57(65)50-26-13-10-14-27-50)70-47-56(77(7,8)9)48-71(73(70)78)82(69)74-58(51-28-15-11-16-29-51)35-25-36-59(74)52-30-17-12-18-31-52/h10-49H,1-9H3. The van der Waals surface area contributed by atoms with E-state index >= 15 is 0 Å². The summed E-state index contributed by atoms with van der Waals surface area (Å²) in [4.78, 5) is 11.0. The van der Waals surface area contributed by atoms with Crippen molar-refractivity contribution in [2.75, 3.05) is 9.80 Å². The van der Waals surface area contributed by atoms with E-state index in [1.54, 1.807) is 0 Å². The van der Waals surface area contributed by atoms with Gasteiger partial charge in [-0.1, -0.05) is 250 Å². The van der Waals surface area contributed by atoms with Crippen molar-refractivity contribution < 1.29 is 0 Å². The molecule has 0 aliphatic carbocycles. The molecule has 2 aliphatic rings. The Hall–Kier alpha value is -9.19. The van der Waals surface area contributed by atoms with Gasteiger partial charge < -0.3 is 9.80 Å². The fourth-order valence-electron chi connectivity index (χ4n) is 13.0. The van der Waals surface area contributed by atoms with Gasteiger partial charge in [0.1, 0.15) is 5.82 Å². The zero-order chi connectivity index (χ0) is 56.2. The van der Waals surface area contributed by atoms with E-state index in [0.717, 1.165) is 45.2 Å². The summed E-state index contributed by atoms with van der Waals surface area (Å²) in [6.07, 6.45) is 0. The van der Waals surface area contributed by atoms with Crippen LogP contribution < -0.4 is 26.2 Å². The van der Waals surface area contributed by atoms with Crippen LogP contribution in [0, 0.1) is 0 Å². The van der Waals surface area contributed by atoms with E-state index in [4.69, 9.17) is 4.98 Å². The molecular formula is C77H67BN4. The van der Waals surface area contributed by atoms with Gasteiger partial charge in [0, 0.05) is 50.2 Å². The van der Waals surface area contributed by atoms with E-state index in [9.17, 15) is 0 Å². The predicted octanol–water partition coefficient (Wildman–Crippen LogP) is 18.8. The lowest BCUT2D eigenvalue weighted by atomic mass is 9.33. The zero-order valence-corrected chi connectivity index (χ0v) is 48.5. The van der Waals surface area contributed by atoms with Gasteiger partial charge in [-0.15, -0.1) is 0 Å². The molecular weight excluding hydrogens is 992 g/mol. The molecule has 82 heavy (non-hydrogen) atoms. The second kappa shape index (κ2) is 19.2. The Balaban J connectivity index is 1.11. The lowest BCUT2D eigenvalue weighted by molar-refractivity contribution is 0.589. The molecule has 14 rings (SSSR count). The number of fused-ring (bicyclic) bond motifs is 7. The molecule has 2 aromatic heterocycles. The average molecular weight is 1060 g/mol. The summed E-state index contributed by atoms with van der Waals surface area (Å²) in [5.41, 5.74) is 25.4. The molecule has 0 spiro atoms. The maximum absolute atomic E-state index is 5.77. The molecule has 10 aromatic carbocycles. The summed E-state index contributed by atoms with van der Waals surface area (Å²) in [6.45, 7) is 20.9. The van der Waals surface area contributed by atoms with E-state index in [-0.39, 0.29) is 23.0 Å². The van der Waals surface area contributed by atoms with Crippen molar-refractivity contribution >= 4 is 79.0 Å². The first-order chi connectivity index (χ1) is 39.6. The number of hydrogen-bond donors (Lipinski definition) is 0. The Morgan fingerprint density at radius 3 is 1.38 bits per heavy atom. The van der Waals surface area contributed by atoms with Gasteiger partial charge in [0.2, 0.25) is 0 Å². The van der Waals surface area contributed by atoms with Crippen LogP contribution in [0.4, 0.5) is 34.1 Å². The van der Waals surface area contributed by atoms with Crippen LogP contribution in [-0.2, 0) is 16.2 Å². The van der Waals surface area contributed by atoms with E-state index in [1.165, 1.54) is 94.3 Å². The van der Waals surface area contributed by atoms with Gasteiger partial charge in [-0.3, -0.25) is 4.57 Å². The highest BCUT2D eigenvalue weighted by Gasteiger charge is 2.46. The van der Waals surface area contributed by atoms with Crippen molar-refractivity contribution in [2.24, 2.45) is 0 Å². The van der Waals surface area contributed by atoms with E-state index in [0.29, 0.717) is 0 Å². The van der Waals surface area contributed by atoms with E-state index in [1.807, 2.05) is 0 Å². The minimum absolute atomic E-state index is 0.128. The topological polar surface area (TPSA) is 24.3 Å². The summed E-state index contributed by atoms with van der Waals surface area (Å²) in [5, 5.41) is 2.44. The van der Waals surface area contributed by atoms with Crippen LogP contribution in [0.5, 0.6) is 0 Å². The molecule has 0 atom stereocenters. The summed E-state index contributed by atoms with van der Waals surface area (Å²) in [5.74, 6) is 0.915. The van der Waals surface area contributed by atoms with Crippen molar-refractivity contribution in [1.82, 2.24) is 9.55 Å². The summed E-state index contributed by atoms with van der Waals surface area (Å²) in [6, 6.07) is 90.6.